The van der Waals surface area contributed by atoms with E-state index in [-0.39, 0.29) is 0 Å². The fourth-order valence-electron chi connectivity index (χ4n) is 1.55. The average molecular weight is 333 g/mol. The Kier molecular flexibility index (Phi) is 13.9. The van der Waals surface area contributed by atoms with Gasteiger partial charge in [-0.05, 0) is 75.0 Å². The molecule has 2 rings (SSSR count). The molecule has 0 nitrogen and oxygen atoms in total. The number of halogens is 2. The van der Waals surface area contributed by atoms with E-state index in [2.05, 4.69) is 79.1 Å². The quantitative estimate of drug-likeness (QED) is 0.588. The van der Waals surface area contributed by atoms with Crippen LogP contribution in [0.2, 0.25) is 0 Å². The Hall–Kier alpha value is 1.29. The summed E-state index contributed by atoms with van der Waals surface area (Å²) in [5.41, 5.74) is 0. The first kappa shape index (κ1) is 20.3. The third-order valence-electron chi connectivity index (χ3n) is 2.71. The first-order valence-corrected chi connectivity index (χ1v) is 10.7. The minimum atomic E-state index is -0.556. The van der Waals surface area contributed by atoms with Crippen LogP contribution < -0.4 is 0 Å². The summed E-state index contributed by atoms with van der Waals surface area (Å²) < 4.78 is 0. The molecule has 3 heteroatoms. The Morgan fingerprint density at radius 3 is 1.00 bits per heavy atom. The molecule has 0 N–H and O–H groups in total. The van der Waals surface area contributed by atoms with Gasteiger partial charge in [0.1, 0.15) is 0 Å². The molecule has 0 amide bonds. The van der Waals surface area contributed by atoms with Crippen molar-refractivity contribution in [2.24, 2.45) is 11.8 Å². The Balaban J connectivity index is 0.000000284. The zero-order valence-corrected chi connectivity index (χ0v) is 15.1. The van der Waals surface area contributed by atoms with Gasteiger partial charge in [-0.15, -0.1) is 0 Å². The molecule has 0 spiro atoms. The van der Waals surface area contributed by atoms with Gasteiger partial charge >= 0.3 is 35.6 Å². The van der Waals surface area contributed by atoms with Gasteiger partial charge < -0.3 is 0 Å². The molecule has 2 aliphatic carbocycles. The normalized spacial score (nSPS) is 20.0. The minimum absolute atomic E-state index is 0.556. The molecule has 2 saturated carbocycles. The maximum atomic E-state index is 4.89. The second-order valence-electron chi connectivity index (χ2n) is 4.82. The summed E-state index contributed by atoms with van der Waals surface area (Å²) in [6.45, 7) is 8.81. The molecule has 0 bridgehead atoms. The molecule has 0 heterocycles. The van der Waals surface area contributed by atoms with Crippen molar-refractivity contribution in [3.8, 4) is 0 Å². The van der Waals surface area contributed by atoms with Gasteiger partial charge in [0.2, 0.25) is 0 Å². The summed E-state index contributed by atoms with van der Waals surface area (Å²) in [4.78, 5) is 0. The van der Waals surface area contributed by atoms with Crippen LogP contribution in [0, 0.1) is 75.0 Å². The van der Waals surface area contributed by atoms with Gasteiger partial charge in [-0.1, -0.05) is 27.7 Å². The molecule has 0 aromatic rings. The van der Waals surface area contributed by atoms with E-state index in [1.807, 2.05) is 0 Å². The van der Waals surface area contributed by atoms with Crippen LogP contribution in [0.4, 0.5) is 0 Å². The van der Waals surface area contributed by atoms with E-state index in [0.29, 0.717) is 11.8 Å². The van der Waals surface area contributed by atoms with Crippen LogP contribution in [0.1, 0.15) is 27.7 Å². The number of hydrogen-bond acceptors (Lipinski definition) is 0. The molecule has 0 atom stereocenters. The topological polar surface area (TPSA) is 0 Å². The van der Waals surface area contributed by atoms with E-state index in [9.17, 15) is 0 Å². The molecule has 0 aromatic heterocycles. The second-order valence-corrected chi connectivity index (χ2v) is 7.40. The predicted octanol–water partition coefficient (Wildman–Crippen LogP) is 5.47. The van der Waals surface area contributed by atoms with Crippen molar-refractivity contribution in [2.75, 3.05) is 0 Å². The summed E-state index contributed by atoms with van der Waals surface area (Å²) >= 11 is -0.556. The summed E-state index contributed by atoms with van der Waals surface area (Å²) in [6.07, 6.45) is 16.9. The van der Waals surface area contributed by atoms with Crippen LogP contribution >= 0.6 is 18.6 Å². The molecular weight excluding hydrogens is 311 g/mol. The first-order valence-electron chi connectivity index (χ1n) is 6.42. The second kappa shape index (κ2) is 13.0. The maximum absolute atomic E-state index is 4.89. The third kappa shape index (κ3) is 10.6. The van der Waals surface area contributed by atoms with Crippen LogP contribution in [-0.4, -0.2) is 0 Å². The molecule has 0 unspecified atom stereocenters. The molecular formula is C16H22Cl2Ti. The zero-order valence-electron chi connectivity index (χ0n) is 12.0. The van der Waals surface area contributed by atoms with E-state index in [1.165, 1.54) is 11.8 Å². The van der Waals surface area contributed by atoms with Crippen LogP contribution in [0.5, 0.6) is 0 Å². The standard InChI is InChI=1S/2C8H11.2ClH.Ti/c2*1-7(2)8-5-3-4-6-8;;;/h2*3-7H,1-2H3;2*1H;/q;;;;+2/p-2. The van der Waals surface area contributed by atoms with Crippen LogP contribution in [0.3, 0.4) is 0 Å². The monoisotopic (exact) mass is 332 g/mol. The number of hydrogen-bond donors (Lipinski definition) is 0. The van der Waals surface area contributed by atoms with Crippen LogP contribution in [0.25, 0.3) is 0 Å². The van der Waals surface area contributed by atoms with E-state index < -0.39 is 17.0 Å². The van der Waals surface area contributed by atoms with Gasteiger partial charge in [0.05, 0.1) is 0 Å². The Bertz CT molecular complexity index is 163. The average Bonchev–Trinajstić information content (AvgIpc) is 3.05. The van der Waals surface area contributed by atoms with Crippen LogP contribution in [0.15, 0.2) is 0 Å². The molecule has 2 fully saturated rings. The Morgan fingerprint density at radius 2 is 0.895 bits per heavy atom. The van der Waals surface area contributed by atoms with Gasteiger partial charge in [-0.2, -0.15) is 0 Å². The van der Waals surface area contributed by atoms with E-state index in [4.69, 9.17) is 18.6 Å². The van der Waals surface area contributed by atoms with Crippen molar-refractivity contribution < 1.29 is 17.0 Å². The van der Waals surface area contributed by atoms with Gasteiger partial charge in [-0.25, -0.2) is 0 Å². The van der Waals surface area contributed by atoms with Crippen LogP contribution in [-0.2, 0) is 17.0 Å². The molecule has 104 valence electrons. The Labute approximate surface area is 138 Å². The van der Waals surface area contributed by atoms with E-state index >= 15 is 0 Å². The molecule has 0 saturated heterocycles. The summed E-state index contributed by atoms with van der Waals surface area (Å²) in [5.74, 6) is 4.24. The predicted molar refractivity (Wildman–Crippen MR) is 82.3 cm³/mol. The van der Waals surface area contributed by atoms with Crippen molar-refractivity contribution in [3.63, 3.8) is 0 Å². The molecule has 0 aromatic carbocycles. The molecule has 0 aliphatic heterocycles. The van der Waals surface area contributed by atoms with Crippen molar-refractivity contribution in [1.29, 1.82) is 0 Å². The van der Waals surface area contributed by atoms with Gasteiger partial charge in [-0.3, -0.25) is 0 Å². The molecule has 2 aliphatic rings. The van der Waals surface area contributed by atoms with Crippen molar-refractivity contribution in [1.82, 2.24) is 0 Å². The fraction of sp³-hybridized carbons (Fsp3) is 0.375. The van der Waals surface area contributed by atoms with E-state index in [0.717, 1.165) is 0 Å². The third-order valence-corrected chi connectivity index (χ3v) is 2.71. The molecule has 19 heavy (non-hydrogen) atoms. The van der Waals surface area contributed by atoms with Crippen molar-refractivity contribution in [3.05, 3.63) is 63.2 Å². The first-order chi connectivity index (χ1) is 9.02. The summed E-state index contributed by atoms with van der Waals surface area (Å²) in [5, 5.41) is 0. The summed E-state index contributed by atoms with van der Waals surface area (Å²) in [7, 11) is 9.78. The van der Waals surface area contributed by atoms with Crippen molar-refractivity contribution in [2.45, 2.75) is 27.7 Å². The van der Waals surface area contributed by atoms with Gasteiger partial charge in [0.25, 0.3) is 0 Å². The van der Waals surface area contributed by atoms with E-state index in [1.54, 1.807) is 0 Å². The summed E-state index contributed by atoms with van der Waals surface area (Å²) in [6, 6.07) is 0. The van der Waals surface area contributed by atoms with Gasteiger partial charge in [0.15, 0.2) is 0 Å². The zero-order chi connectivity index (χ0) is 14.7. The fourth-order valence-corrected chi connectivity index (χ4v) is 1.55. The van der Waals surface area contributed by atoms with Crippen molar-refractivity contribution >= 4 is 18.6 Å². The number of rotatable bonds is 2. The Morgan fingerprint density at radius 1 is 0.684 bits per heavy atom. The molecule has 10 radical (unpaired) electrons. The SMILES string of the molecule is CC(C)[C]1[CH][CH][CH][CH]1.CC(C)[C]1[CH][CH][CH][CH]1.[Cl][Ti][Cl]. The van der Waals surface area contributed by atoms with Gasteiger partial charge in [0, 0.05) is 0 Å².